The molecule has 0 radical (unpaired) electrons. The number of aliphatic carboxylic acids is 1. The Labute approximate surface area is 202 Å². The summed E-state index contributed by atoms with van der Waals surface area (Å²) >= 11 is 0. The predicted octanol–water partition coefficient (Wildman–Crippen LogP) is 4.20. The maximum Gasteiger partial charge on any atom is 0.334 e. The van der Waals surface area contributed by atoms with Crippen molar-refractivity contribution in [1.82, 2.24) is 9.80 Å². The Morgan fingerprint density at radius 3 is 2.71 bits per heavy atom. The molecule has 7 heteroatoms. The first-order chi connectivity index (χ1) is 16.5. The number of methoxy groups -OCH3 is 2. The highest BCUT2D eigenvalue weighted by Crippen LogP contribution is 2.54. The number of piperidine rings is 3. The number of carboxylic acid groups (broad SMARTS) is 1. The molecule has 0 amide bonds. The third kappa shape index (κ3) is 3.55. The lowest BCUT2D eigenvalue weighted by atomic mass is 9.68. The molecule has 5 rings (SSSR count). The molecular weight excluding hydrogens is 430 g/mol. The first kappa shape index (κ1) is 23.4. The molecule has 0 aliphatic carbocycles. The molecule has 4 aliphatic heterocycles. The van der Waals surface area contributed by atoms with Crippen molar-refractivity contribution < 1.29 is 19.4 Å². The van der Waals surface area contributed by atoms with Crippen molar-refractivity contribution >= 4 is 17.4 Å². The monoisotopic (exact) mass is 467 g/mol. The number of aliphatic imine (C=N–C) groups is 1. The Morgan fingerprint density at radius 1 is 1.24 bits per heavy atom. The van der Waals surface area contributed by atoms with Crippen molar-refractivity contribution in [2.45, 2.75) is 57.0 Å². The molecule has 0 bridgehead atoms. The fourth-order valence-electron chi connectivity index (χ4n) is 7.10. The van der Waals surface area contributed by atoms with Crippen molar-refractivity contribution in [3.05, 3.63) is 35.6 Å². The standard InChI is InChI=1S/C27H37N3O4/c1-4-18-16-29-14-11-27(30-12-6-5-7-13-30)24-21(9-8-10-23(24)34-3)28-25(27)22(29)15-19(18)20(17-33-2)26(31)32/h8-10,17-19,22H,4-7,11-16H2,1-3H3,(H,31,32)/t18-,19+,22+,27+/m1/s1. The average molecular weight is 468 g/mol. The Balaban J connectivity index is 1.60. The van der Waals surface area contributed by atoms with Gasteiger partial charge in [-0.25, -0.2) is 4.79 Å². The van der Waals surface area contributed by atoms with Gasteiger partial charge in [-0.15, -0.1) is 0 Å². The summed E-state index contributed by atoms with van der Waals surface area (Å²) in [6, 6.07) is 6.32. The maximum atomic E-state index is 12.2. The first-order valence-corrected chi connectivity index (χ1v) is 12.8. The summed E-state index contributed by atoms with van der Waals surface area (Å²) in [5, 5.41) is 10.0. The van der Waals surface area contributed by atoms with Crippen molar-refractivity contribution in [1.29, 1.82) is 0 Å². The van der Waals surface area contributed by atoms with Gasteiger partial charge in [-0.1, -0.05) is 25.8 Å². The van der Waals surface area contributed by atoms with Crippen LogP contribution in [-0.2, 0) is 15.1 Å². The van der Waals surface area contributed by atoms with Gasteiger partial charge in [0.05, 0.1) is 49.0 Å². The average Bonchev–Trinajstić information content (AvgIpc) is 3.23. The minimum Gasteiger partial charge on any atom is -0.504 e. The molecule has 3 fully saturated rings. The smallest absolute Gasteiger partial charge is 0.334 e. The van der Waals surface area contributed by atoms with Gasteiger partial charge in [-0.3, -0.25) is 14.8 Å². The van der Waals surface area contributed by atoms with Crippen molar-refractivity contribution in [3.63, 3.8) is 0 Å². The Kier molecular flexibility index (Phi) is 6.42. The summed E-state index contributed by atoms with van der Waals surface area (Å²) in [5.41, 5.74) is 3.55. The van der Waals surface area contributed by atoms with Gasteiger partial charge >= 0.3 is 5.97 Å². The molecule has 7 nitrogen and oxygen atoms in total. The summed E-state index contributed by atoms with van der Waals surface area (Å²) in [5.74, 6) is 0.263. The predicted molar refractivity (Wildman–Crippen MR) is 132 cm³/mol. The zero-order valence-electron chi connectivity index (χ0n) is 20.6. The number of carbonyl (C=O) groups is 1. The van der Waals surface area contributed by atoms with Crippen molar-refractivity contribution in [3.8, 4) is 5.75 Å². The lowest BCUT2D eigenvalue weighted by Crippen LogP contribution is -2.66. The van der Waals surface area contributed by atoms with Gasteiger partial charge in [0.1, 0.15) is 5.75 Å². The summed E-state index contributed by atoms with van der Waals surface area (Å²) in [6.45, 7) is 6.17. The lowest BCUT2D eigenvalue weighted by molar-refractivity contribution is -0.134. The molecule has 184 valence electrons. The van der Waals surface area contributed by atoms with E-state index in [0.29, 0.717) is 5.57 Å². The molecule has 1 N–H and O–H groups in total. The molecule has 0 aromatic heterocycles. The summed E-state index contributed by atoms with van der Waals surface area (Å²) < 4.78 is 11.1. The minimum atomic E-state index is -0.879. The van der Waals surface area contributed by atoms with E-state index in [-0.39, 0.29) is 23.4 Å². The molecule has 0 spiro atoms. The number of ether oxygens (including phenoxy) is 2. The van der Waals surface area contributed by atoms with Crippen molar-refractivity contribution in [2.24, 2.45) is 16.8 Å². The van der Waals surface area contributed by atoms with Crippen LogP contribution in [0.3, 0.4) is 0 Å². The van der Waals surface area contributed by atoms with E-state index in [9.17, 15) is 9.90 Å². The Morgan fingerprint density at radius 2 is 2.03 bits per heavy atom. The molecule has 4 heterocycles. The third-order valence-electron chi connectivity index (χ3n) is 8.65. The maximum absolute atomic E-state index is 12.2. The largest absolute Gasteiger partial charge is 0.504 e. The second-order valence-electron chi connectivity index (χ2n) is 10.1. The molecule has 1 aromatic rings. The van der Waals surface area contributed by atoms with Crippen LogP contribution in [0.5, 0.6) is 5.75 Å². The van der Waals surface area contributed by atoms with E-state index in [2.05, 4.69) is 28.9 Å². The number of benzene rings is 1. The lowest BCUT2D eigenvalue weighted by Gasteiger charge is -2.55. The number of hydrogen-bond donors (Lipinski definition) is 1. The van der Waals surface area contributed by atoms with Gasteiger partial charge in [0.25, 0.3) is 0 Å². The first-order valence-electron chi connectivity index (χ1n) is 12.8. The number of hydrogen-bond acceptors (Lipinski definition) is 6. The van der Waals surface area contributed by atoms with Crippen LogP contribution in [-0.4, -0.2) is 73.0 Å². The minimum absolute atomic E-state index is 0.0610. The molecule has 0 unspecified atom stereocenters. The van der Waals surface area contributed by atoms with Crippen LogP contribution in [0.4, 0.5) is 5.69 Å². The molecule has 3 saturated heterocycles. The second-order valence-corrected chi connectivity index (χ2v) is 10.1. The van der Waals surface area contributed by atoms with Crippen LogP contribution >= 0.6 is 0 Å². The van der Waals surface area contributed by atoms with Gasteiger partial charge in [0, 0.05) is 18.7 Å². The number of nitrogens with zero attached hydrogens (tertiary/aromatic N) is 3. The number of carboxylic acids is 1. The van der Waals surface area contributed by atoms with E-state index in [1.165, 1.54) is 43.9 Å². The molecule has 34 heavy (non-hydrogen) atoms. The molecule has 4 aliphatic rings. The van der Waals surface area contributed by atoms with Gasteiger partial charge in [0.2, 0.25) is 0 Å². The van der Waals surface area contributed by atoms with Gasteiger partial charge < -0.3 is 14.6 Å². The van der Waals surface area contributed by atoms with E-state index in [1.54, 1.807) is 7.11 Å². The second kappa shape index (κ2) is 9.34. The van der Waals surface area contributed by atoms with E-state index in [4.69, 9.17) is 14.5 Å². The van der Waals surface area contributed by atoms with Gasteiger partial charge in [-0.2, -0.15) is 0 Å². The highest BCUT2D eigenvalue weighted by Gasteiger charge is 2.57. The molecule has 0 saturated carbocycles. The summed E-state index contributed by atoms with van der Waals surface area (Å²) in [7, 11) is 3.29. The summed E-state index contributed by atoms with van der Waals surface area (Å²) in [6.07, 6.45) is 7.82. The Bertz CT molecular complexity index is 1000. The fourth-order valence-corrected chi connectivity index (χ4v) is 7.10. The highest BCUT2D eigenvalue weighted by molar-refractivity contribution is 6.06. The van der Waals surface area contributed by atoms with Crippen molar-refractivity contribution in [2.75, 3.05) is 40.4 Å². The quantitative estimate of drug-likeness (QED) is 0.499. The van der Waals surface area contributed by atoms with Gasteiger partial charge in [-0.05, 0) is 62.7 Å². The topological polar surface area (TPSA) is 74.6 Å². The van der Waals surface area contributed by atoms with Crippen LogP contribution < -0.4 is 4.74 Å². The van der Waals surface area contributed by atoms with Crippen LogP contribution in [0.25, 0.3) is 0 Å². The third-order valence-corrected chi connectivity index (χ3v) is 8.65. The van der Waals surface area contributed by atoms with E-state index < -0.39 is 5.97 Å². The number of fused-ring (bicyclic) bond motifs is 5. The van der Waals surface area contributed by atoms with Crippen LogP contribution in [0.2, 0.25) is 0 Å². The van der Waals surface area contributed by atoms with Crippen LogP contribution in [0.1, 0.15) is 51.0 Å². The van der Waals surface area contributed by atoms with E-state index >= 15 is 0 Å². The zero-order valence-corrected chi connectivity index (χ0v) is 20.6. The molecule has 4 atom stereocenters. The van der Waals surface area contributed by atoms with Crippen LogP contribution in [0, 0.1) is 11.8 Å². The normalized spacial score (nSPS) is 31.8. The SMILES string of the molecule is CC[C@@H]1CN2CC[C@@]3(N4CCCCC4)C(=Nc4cccc(OC)c43)[C@@H]2C[C@@H]1C(=COC)C(=O)O. The Hall–Kier alpha value is -2.38. The number of rotatable bonds is 6. The molecule has 1 aromatic carbocycles. The van der Waals surface area contributed by atoms with Gasteiger partial charge in [0.15, 0.2) is 0 Å². The van der Waals surface area contributed by atoms with E-state index in [1.807, 2.05) is 6.07 Å². The van der Waals surface area contributed by atoms with Crippen LogP contribution in [0.15, 0.2) is 35.0 Å². The highest BCUT2D eigenvalue weighted by atomic mass is 16.5. The zero-order chi connectivity index (χ0) is 23.9. The van der Waals surface area contributed by atoms with E-state index in [0.717, 1.165) is 56.9 Å². The number of likely N-dealkylation sites (tertiary alicyclic amines) is 1. The molecular formula is C27H37N3O4. The summed E-state index contributed by atoms with van der Waals surface area (Å²) in [4.78, 5) is 22.7. The fraction of sp³-hybridized carbons (Fsp3) is 0.630.